The third kappa shape index (κ3) is 3.89. The number of imide groups is 1. The van der Waals surface area contributed by atoms with Crippen molar-refractivity contribution in [3.63, 3.8) is 0 Å². The van der Waals surface area contributed by atoms with E-state index < -0.39 is 23.7 Å². The Labute approximate surface area is 237 Å². The molecule has 1 heterocycles. The zero-order valence-corrected chi connectivity index (χ0v) is 23.0. The fourth-order valence-corrected chi connectivity index (χ4v) is 6.84. The van der Waals surface area contributed by atoms with Crippen molar-refractivity contribution in [2.24, 2.45) is 17.8 Å². The van der Waals surface area contributed by atoms with Gasteiger partial charge in [0.1, 0.15) is 0 Å². The number of nitrogens with zero attached hydrogens (tertiary/aromatic N) is 1. The number of methoxy groups -OCH3 is 2. The molecular weight excluding hydrogens is 522 g/mol. The van der Waals surface area contributed by atoms with Gasteiger partial charge in [-0.15, -0.1) is 0 Å². The third-order valence-electron chi connectivity index (χ3n) is 8.79. The molecule has 8 nitrogen and oxygen atoms in total. The highest BCUT2D eigenvalue weighted by Crippen LogP contribution is 2.56. The minimum Gasteiger partial charge on any atom is -0.502 e. The van der Waals surface area contributed by atoms with Gasteiger partial charge in [-0.25, -0.2) is 0 Å². The maximum Gasteiger partial charge on any atom is 0.238 e. The number of hydrogen-bond acceptors (Lipinski definition) is 7. The van der Waals surface area contributed by atoms with E-state index in [4.69, 9.17) is 9.47 Å². The van der Waals surface area contributed by atoms with Crippen LogP contribution in [-0.2, 0) is 19.2 Å². The summed E-state index contributed by atoms with van der Waals surface area (Å²) in [5.74, 6) is -3.39. The minimum absolute atomic E-state index is 0.154. The second-order valence-corrected chi connectivity index (χ2v) is 10.8. The molecule has 1 saturated heterocycles. The summed E-state index contributed by atoms with van der Waals surface area (Å²) in [6, 6.07) is 10.3. The van der Waals surface area contributed by atoms with Gasteiger partial charge >= 0.3 is 0 Å². The van der Waals surface area contributed by atoms with Crippen LogP contribution in [0.3, 0.4) is 0 Å². The number of carbonyl (C=O) groups excluding carboxylic acids is 4. The van der Waals surface area contributed by atoms with Gasteiger partial charge in [0.15, 0.2) is 23.1 Å². The van der Waals surface area contributed by atoms with Crippen LogP contribution in [0.2, 0.25) is 0 Å². The largest absolute Gasteiger partial charge is 0.502 e. The number of hydrogen-bond donors (Lipinski definition) is 1. The number of fused-ring (bicyclic) bond motifs is 3. The molecule has 0 bridgehead atoms. The SMILES string of the molecule is C=Cc1ccc(N2C(=O)[C@H]3[C@H](CC=C4[C@H](c5cc(OC)c(O)c(OC)c5)C5=C(C[C@H]43)C(=O)C=C(C)C5=O)C2=O)cc1. The Morgan fingerprint density at radius 3 is 2.24 bits per heavy atom. The number of phenolic OH excluding ortho intramolecular Hbond substituents is 1. The van der Waals surface area contributed by atoms with E-state index in [1.165, 1.54) is 25.2 Å². The standard InChI is InChI=1S/C33H29NO7/c1-5-17-6-8-19(9-7-17)34-32(38)21-11-10-20-22(28(21)33(34)39)15-23-24(35)12-16(2)30(36)29(23)27(20)18-13-25(40-3)31(37)26(14-18)41-4/h5-10,12-14,21-22,27-28,37H,1,11,15H2,2-4H3/t21-,22+,27-,28-/m0/s1. The molecule has 2 amide bonds. The second-order valence-electron chi connectivity index (χ2n) is 10.8. The van der Waals surface area contributed by atoms with E-state index in [-0.39, 0.29) is 47.1 Å². The van der Waals surface area contributed by atoms with Crippen LogP contribution < -0.4 is 14.4 Å². The van der Waals surface area contributed by atoms with Crippen LogP contribution >= 0.6 is 0 Å². The molecule has 8 heteroatoms. The summed E-state index contributed by atoms with van der Waals surface area (Å²) in [6.07, 6.45) is 5.49. The Morgan fingerprint density at radius 1 is 0.976 bits per heavy atom. The van der Waals surface area contributed by atoms with Crippen molar-refractivity contribution in [1.82, 2.24) is 0 Å². The van der Waals surface area contributed by atoms with Crippen molar-refractivity contribution in [2.75, 3.05) is 19.1 Å². The van der Waals surface area contributed by atoms with E-state index in [2.05, 4.69) is 6.58 Å². The molecule has 3 aliphatic carbocycles. The summed E-state index contributed by atoms with van der Waals surface area (Å²) in [4.78, 5) is 55.9. The van der Waals surface area contributed by atoms with Crippen LogP contribution in [0, 0.1) is 17.8 Å². The van der Waals surface area contributed by atoms with Crippen LogP contribution in [-0.4, -0.2) is 42.7 Å². The van der Waals surface area contributed by atoms with E-state index in [9.17, 15) is 24.3 Å². The van der Waals surface area contributed by atoms with Crippen LogP contribution in [0.15, 0.2) is 77.4 Å². The number of ether oxygens (including phenoxy) is 2. The van der Waals surface area contributed by atoms with Gasteiger partial charge in [0.25, 0.3) is 0 Å². The number of amides is 2. The molecule has 2 aromatic rings. The first-order valence-electron chi connectivity index (χ1n) is 13.5. The van der Waals surface area contributed by atoms with E-state index >= 15 is 0 Å². The molecule has 4 aliphatic rings. The van der Waals surface area contributed by atoms with E-state index in [1.54, 1.807) is 49.4 Å². The molecule has 41 heavy (non-hydrogen) atoms. The number of allylic oxidation sites excluding steroid dienone is 6. The molecule has 4 atom stereocenters. The van der Waals surface area contributed by atoms with Gasteiger partial charge < -0.3 is 14.6 Å². The molecule has 1 fully saturated rings. The summed E-state index contributed by atoms with van der Waals surface area (Å²) in [7, 11) is 2.83. The summed E-state index contributed by atoms with van der Waals surface area (Å²) < 4.78 is 10.8. The predicted octanol–water partition coefficient (Wildman–Crippen LogP) is 4.69. The third-order valence-corrected chi connectivity index (χ3v) is 8.79. The number of ketones is 2. The fourth-order valence-electron chi connectivity index (χ4n) is 6.84. The monoisotopic (exact) mass is 551 g/mol. The van der Waals surface area contributed by atoms with Gasteiger partial charge in [-0.2, -0.15) is 0 Å². The molecule has 0 spiro atoms. The first-order chi connectivity index (χ1) is 19.7. The summed E-state index contributed by atoms with van der Waals surface area (Å²) in [6.45, 7) is 5.37. The lowest BCUT2D eigenvalue weighted by molar-refractivity contribution is -0.123. The van der Waals surface area contributed by atoms with Crippen molar-refractivity contribution >= 4 is 35.1 Å². The lowest BCUT2D eigenvalue weighted by Crippen LogP contribution is -2.39. The van der Waals surface area contributed by atoms with Gasteiger partial charge in [0, 0.05) is 22.6 Å². The Hall–Kier alpha value is -4.72. The summed E-state index contributed by atoms with van der Waals surface area (Å²) in [5, 5.41) is 10.6. The molecule has 1 N–H and O–H groups in total. The maximum atomic E-state index is 14.0. The van der Waals surface area contributed by atoms with Crippen LogP contribution in [0.1, 0.15) is 36.8 Å². The Balaban J connectivity index is 1.50. The lowest BCUT2D eigenvalue weighted by atomic mass is 9.59. The van der Waals surface area contributed by atoms with Gasteiger partial charge in [0.05, 0.1) is 31.7 Å². The van der Waals surface area contributed by atoms with Gasteiger partial charge in [0.2, 0.25) is 17.6 Å². The van der Waals surface area contributed by atoms with E-state index in [1.807, 2.05) is 6.08 Å². The van der Waals surface area contributed by atoms with Crippen LogP contribution in [0.25, 0.3) is 6.08 Å². The van der Waals surface area contributed by atoms with Crippen molar-refractivity contribution in [1.29, 1.82) is 0 Å². The number of carbonyl (C=O) groups is 4. The Morgan fingerprint density at radius 2 is 1.63 bits per heavy atom. The predicted molar refractivity (Wildman–Crippen MR) is 152 cm³/mol. The molecule has 6 rings (SSSR count). The van der Waals surface area contributed by atoms with Gasteiger partial charge in [-0.3, -0.25) is 24.1 Å². The van der Waals surface area contributed by atoms with Gasteiger partial charge in [-0.1, -0.05) is 36.4 Å². The lowest BCUT2D eigenvalue weighted by Gasteiger charge is -2.42. The first-order valence-corrected chi connectivity index (χ1v) is 13.5. The zero-order chi connectivity index (χ0) is 29.2. The molecule has 2 aromatic carbocycles. The molecule has 208 valence electrons. The van der Waals surface area contributed by atoms with E-state index in [0.717, 1.165) is 11.1 Å². The average molecular weight is 552 g/mol. The number of Topliss-reactive ketones (excluding diaryl/α,β-unsaturated/α-hetero) is 1. The quantitative estimate of drug-likeness (QED) is 0.326. The highest BCUT2D eigenvalue weighted by Gasteiger charge is 2.56. The Kier molecular flexibility index (Phi) is 6.29. The average Bonchev–Trinajstić information content (AvgIpc) is 3.24. The second kappa shape index (κ2) is 9.73. The van der Waals surface area contributed by atoms with E-state index in [0.29, 0.717) is 34.4 Å². The van der Waals surface area contributed by atoms with Crippen LogP contribution in [0.5, 0.6) is 17.2 Å². The van der Waals surface area contributed by atoms with Crippen LogP contribution in [0.4, 0.5) is 5.69 Å². The van der Waals surface area contributed by atoms with Crippen molar-refractivity contribution in [2.45, 2.75) is 25.7 Å². The zero-order valence-electron chi connectivity index (χ0n) is 23.0. The number of rotatable bonds is 5. The maximum absolute atomic E-state index is 14.0. The minimum atomic E-state index is -0.686. The van der Waals surface area contributed by atoms with Crippen molar-refractivity contribution in [3.05, 3.63) is 88.5 Å². The molecule has 0 unspecified atom stereocenters. The summed E-state index contributed by atoms with van der Waals surface area (Å²) in [5.41, 5.74) is 3.80. The van der Waals surface area contributed by atoms with Gasteiger partial charge in [-0.05, 0) is 67.2 Å². The normalized spacial score (nSPS) is 25.3. The molecule has 0 saturated carbocycles. The molecule has 0 radical (unpaired) electrons. The molecular formula is C33H29NO7. The number of phenols is 1. The molecule has 1 aliphatic heterocycles. The highest BCUT2D eigenvalue weighted by atomic mass is 16.5. The van der Waals surface area contributed by atoms with Crippen molar-refractivity contribution in [3.8, 4) is 17.2 Å². The fraction of sp³-hybridized carbons (Fsp3) is 0.273. The number of anilines is 1. The first kappa shape index (κ1) is 26.5. The topological polar surface area (TPSA) is 110 Å². The number of benzene rings is 2. The Bertz CT molecular complexity index is 1620. The number of aromatic hydroxyl groups is 1. The van der Waals surface area contributed by atoms with Crippen molar-refractivity contribution < 1.29 is 33.8 Å². The smallest absolute Gasteiger partial charge is 0.238 e. The highest BCUT2D eigenvalue weighted by molar-refractivity contribution is 6.25. The summed E-state index contributed by atoms with van der Waals surface area (Å²) >= 11 is 0. The molecule has 0 aromatic heterocycles.